The van der Waals surface area contributed by atoms with Crippen LogP contribution in [0.3, 0.4) is 0 Å². The van der Waals surface area contributed by atoms with Crippen molar-refractivity contribution >= 4 is 11.7 Å². The van der Waals surface area contributed by atoms with Crippen LogP contribution in [0.4, 0.5) is 0 Å². The Morgan fingerprint density at radius 2 is 1.88 bits per heavy atom. The molecule has 1 amide bonds. The third-order valence-electron chi connectivity index (χ3n) is 4.49. The lowest BCUT2D eigenvalue weighted by molar-refractivity contribution is -0.133. The Morgan fingerprint density at radius 3 is 2.48 bits per heavy atom. The second-order valence-electron chi connectivity index (χ2n) is 6.36. The highest BCUT2D eigenvalue weighted by molar-refractivity contribution is 5.95. The molecule has 6 heteroatoms. The van der Waals surface area contributed by atoms with E-state index in [9.17, 15) is 9.59 Å². The minimum absolute atomic E-state index is 0.00655. The predicted molar refractivity (Wildman–Crippen MR) is 96.0 cm³/mol. The average Bonchev–Trinajstić information content (AvgIpc) is 2.66. The summed E-state index contributed by atoms with van der Waals surface area (Å²) in [6, 6.07) is 7.21. The molecule has 1 saturated heterocycles. The Balaban J connectivity index is 1.77. The van der Waals surface area contributed by atoms with Gasteiger partial charge in [-0.1, -0.05) is 6.92 Å². The highest BCUT2D eigenvalue weighted by atomic mass is 16.5. The van der Waals surface area contributed by atoms with Crippen molar-refractivity contribution in [2.24, 2.45) is 0 Å². The van der Waals surface area contributed by atoms with Crippen LogP contribution >= 0.6 is 0 Å². The van der Waals surface area contributed by atoms with Gasteiger partial charge in [-0.05, 0) is 31.2 Å². The molecule has 1 heterocycles. The summed E-state index contributed by atoms with van der Waals surface area (Å²) in [5, 5.41) is 0. The number of morpholine rings is 1. The molecule has 0 spiro atoms. The maximum absolute atomic E-state index is 12.3. The minimum atomic E-state index is -0.0613. The topological polar surface area (TPSA) is 59.1 Å². The standard InChI is InChI=1S/C19H28N2O4/c1-4-18(22)16-5-7-17(8-6-16)25-14-19(23)20(3)13-15(2)21-9-11-24-12-10-21/h5-8,15H,4,9-14H2,1-3H3/t15-/m0/s1. The first kappa shape index (κ1) is 19.4. The van der Waals surface area contributed by atoms with E-state index in [4.69, 9.17) is 9.47 Å². The summed E-state index contributed by atoms with van der Waals surface area (Å²) >= 11 is 0. The van der Waals surface area contributed by atoms with E-state index in [2.05, 4.69) is 11.8 Å². The van der Waals surface area contributed by atoms with Gasteiger partial charge in [0.15, 0.2) is 12.4 Å². The lowest BCUT2D eigenvalue weighted by atomic mass is 10.1. The fourth-order valence-corrected chi connectivity index (χ4v) is 2.83. The van der Waals surface area contributed by atoms with Gasteiger partial charge in [0.25, 0.3) is 5.91 Å². The van der Waals surface area contributed by atoms with Gasteiger partial charge in [-0.3, -0.25) is 14.5 Å². The summed E-state index contributed by atoms with van der Waals surface area (Å²) in [6.45, 7) is 7.92. The van der Waals surface area contributed by atoms with E-state index >= 15 is 0 Å². The maximum atomic E-state index is 12.3. The van der Waals surface area contributed by atoms with E-state index in [1.54, 1.807) is 36.2 Å². The van der Waals surface area contributed by atoms with Crippen LogP contribution in [-0.4, -0.2) is 74.0 Å². The summed E-state index contributed by atoms with van der Waals surface area (Å²) in [4.78, 5) is 27.9. The van der Waals surface area contributed by atoms with Gasteiger partial charge >= 0.3 is 0 Å². The molecule has 0 saturated carbocycles. The molecule has 1 aromatic carbocycles. The van der Waals surface area contributed by atoms with Gasteiger partial charge in [0, 0.05) is 44.7 Å². The molecule has 1 aromatic rings. The van der Waals surface area contributed by atoms with Gasteiger partial charge in [-0.2, -0.15) is 0 Å². The van der Waals surface area contributed by atoms with Crippen molar-refractivity contribution in [3.63, 3.8) is 0 Å². The molecule has 0 radical (unpaired) electrons. The van der Waals surface area contributed by atoms with Crippen molar-refractivity contribution in [1.29, 1.82) is 0 Å². The van der Waals surface area contributed by atoms with Crippen LogP contribution in [0.2, 0.25) is 0 Å². The second-order valence-corrected chi connectivity index (χ2v) is 6.36. The number of amides is 1. The highest BCUT2D eigenvalue weighted by Crippen LogP contribution is 2.13. The van der Waals surface area contributed by atoms with Crippen LogP contribution < -0.4 is 4.74 Å². The van der Waals surface area contributed by atoms with Crippen LogP contribution in [0.15, 0.2) is 24.3 Å². The fourth-order valence-electron chi connectivity index (χ4n) is 2.83. The number of carbonyl (C=O) groups excluding carboxylic acids is 2. The van der Waals surface area contributed by atoms with Crippen LogP contribution in [0.25, 0.3) is 0 Å². The molecule has 1 fully saturated rings. The summed E-state index contributed by atoms with van der Waals surface area (Å²) in [5.41, 5.74) is 0.664. The van der Waals surface area contributed by atoms with Crippen molar-refractivity contribution in [2.75, 3.05) is 46.5 Å². The predicted octanol–water partition coefficient (Wildman–Crippen LogP) is 1.84. The third-order valence-corrected chi connectivity index (χ3v) is 4.49. The van der Waals surface area contributed by atoms with Crippen LogP contribution in [0.1, 0.15) is 30.6 Å². The Labute approximate surface area is 149 Å². The third kappa shape index (κ3) is 5.83. The zero-order valence-electron chi connectivity index (χ0n) is 15.4. The number of rotatable bonds is 8. The molecule has 138 valence electrons. The first-order chi connectivity index (χ1) is 12.0. The molecular formula is C19H28N2O4. The normalized spacial score (nSPS) is 16.3. The zero-order chi connectivity index (χ0) is 18.2. The molecule has 0 bridgehead atoms. The molecule has 6 nitrogen and oxygen atoms in total. The Bertz CT molecular complexity index is 567. The first-order valence-corrected chi connectivity index (χ1v) is 8.83. The number of Topliss-reactive ketones (excluding diaryl/α,β-unsaturated/α-hetero) is 1. The lowest BCUT2D eigenvalue weighted by Crippen LogP contribution is -2.48. The number of ketones is 1. The van der Waals surface area contributed by atoms with Gasteiger partial charge in [-0.15, -0.1) is 0 Å². The lowest BCUT2D eigenvalue weighted by Gasteiger charge is -2.34. The molecule has 25 heavy (non-hydrogen) atoms. The van der Waals surface area contributed by atoms with Crippen molar-refractivity contribution in [1.82, 2.24) is 9.80 Å². The van der Waals surface area contributed by atoms with E-state index in [-0.39, 0.29) is 24.3 Å². The number of carbonyl (C=O) groups is 2. The summed E-state index contributed by atoms with van der Waals surface area (Å²) in [6.07, 6.45) is 0.477. The smallest absolute Gasteiger partial charge is 0.260 e. The number of likely N-dealkylation sites (N-methyl/N-ethyl adjacent to an activating group) is 1. The highest BCUT2D eigenvalue weighted by Gasteiger charge is 2.20. The van der Waals surface area contributed by atoms with E-state index in [0.29, 0.717) is 24.3 Å². The van der Waals surface area contributed by atoms with Gasteiger partial charge < -0.3 is 14.4 Å². The van der Waals surface area contributed by atoms with E-state index in [0.717, 1.165) is 26.3 Å². The molecule has 0 aromatic heterocycles. The van der Waals surface area contributed by atoms with Gasteiger partial charge in [0.05, 0.1) is 13.2 Å². The molecule has 2 rings (SSSR count). The molecule has 1 aliphatic heterocycles. The minimum Gasteiger partial charge on any atom is -0.484 e. The Kier molecular flexibility index (Phi) is 7.40. The number of nitrogens with zero attached hydrogens (tertiary/aromatic N) is 2. The van der Waals surface area contributed by atoms with Gasteiger partial charge in [-0.25, -0.2) is 0 Å². The number of hydrogen-bond donors (Lipinski definition) is 0. The van der Waals surface area contributed by atoms with Crippen LogP contribution in [-0.2, 0) is 9.53 Å². The maximum Gasteiger partial charge on any atom is 0.260 e. The summed E-state index contributed by atoms with van der Waals surface area (Å²) in [7, 11) is 1.80. The summed E-state index contributed by atoms with van der Waals surface area (Å²) in [5.74, 6) is 0.629. The molecular weight excluding hydrogens is 320 g/mol. The van der Waals surface area contributed by atoms with Gasteiger partial charge in [0.2, 0.25) is 0 Å². The van der Waals surface area contributed by atoms with Gasteiger partial charge in [0.1, 0.15) is 5.75 Å². The first-order valence-electron chi connectivity index (χ1n) is 8.83. The van der Waals surface area contributed by atoms with Crippen LogP contribution in [0.5, 0.6) is 5.75 Å². The largest absolute Gasteiger partial charge is 0.484 e. The monoisotopic (exact) mass is 348 g/mol. The average molecular weight is 348 g/mol. The van der Waals surface area contributed by atoms with Crippen molar-refractivity contribution in [3.05, 3.63) is 29.8 Å². The van der Waals surface area contributed by atoms with Crippen LogP contribution in [0, 0.1) is 0 Å². The zero-order valence-corrected chi connectivity index (χ0v) is 15.4. The SMILES string of the molecule is CCC(=O)c1ccc(OCC(=O)N(C)C[C@H](C)N2CCOCC2)cc1. The molecule has 1 atom stereocenters. The molecule has 0 N–H and O–H groups in total. The number of ether oxygens (including phenoxy) is 2. The van der Waals surface area contributed by atoms with Crippen molar-refractivity contribution < 1.29 is 19.1 Å². The summed E-state index contributed by atoms with van der Waals surface area (Å²) < 4.78 is 10.9. The quantitative estimate of drug-likeness (QED) is 0.671. The molecule has 0 aliphatic carbocycles. The Hall–Kier alpha value is -1.92. The molecule has 1 aliphatic rings. The Morgan fingerprint density at radius 1 is 1.24 bits per heavy atom. The molecule has 0 unspecified atom stereocenters. The second kappa shape index (κ2) is 9.53. The van der Waals surface area contributed by atoms with E-state index in [1.165, 1.54) is 0 Å². The van der Waals surface area contributed by atoms with E-state index < -0.39 is 0 Å². The fraction of sp³-hybridized carbons (Fsp3) is 0.579. The number of hydrogen-bond acceptors (Lipinski definition) is 5. The number of benzene rings is 1. The van der Waals surface area contributed by atoms with E-state index in [1.807, 2.05) is 6.92 Å². The van der Waals surface area contributed by atoms with Crippen molar-refractivity contribution in [3.8, 4) is 5.75 Å². The van der Waals surface area contributed by atoms with Crippen molar-refractivity contribution in [2.45, 2.75) is 26.3 Å².